The SMILES string of the molecule is O=C(O)c1ccc(SOO[O-])cc1[N-]/N=C(\N=Nc1cc(S(=O)(=O)[O-])cc(Nc2nc(F)nc(F)n2)c1O)c1ccccc1.[Cu+].[Na+].[Na+]. The van der Waals surface area contributed by atoms with Gasteiger partial charge in [0.2, 0.25) is 5.95 Å². The number of carboxylic acid groups (broad SMARTS) is 1. The van der Waals surface area contributed by atoms with E-state index in [0.29, 0.717) is 24.2 Å². The summed E-state index contributed by atoms with van der Waals surface area (Å²) in [6, 6.07) is 12.8. The third-order valence-corrected chi connectivity index (χ3v) is 6.46. The van der Waals surface area contributed by atoms with Crippen molar-refractivity contribution in [3.05, 3.63) is 89.4 Å². The molecule has 0 aliphatic carbocycles. The van der Waals surface area contributed by atoms with E-state index in [1.54, 1.807) is 18.2 Å². The second-order valence-electron chi connectivity index (χ2n) is 7.91. The molecule has 238 valence electrons. The van der Waals surface area contributed by atoms with Crippen LogP contribution >= 0.6 is 12.0 Å². The monoisotopic (exact) mass is 756 g/mol. The number of aromatic carboxylic acids is 1. The van der Waals surface area contributed by atoms with E-state index in [1.807, 2.05) is 0 Å². The normalized spacial score (nSPS) is 11.2. The molecule has 47 heavy (non-hydrogen) atoms. The molecule has 0 spiro atoms. The van der Waals surface area contributed by atoms with E-state index in [-0.39, 0.29) is 104 Å². The van der Waals surface area contributed by atoms with Crippen molar-refractivity contribution >= 4 is 57.0 Å². The molecule has 0 atom stereocenters. The van der Waals surface area contributed by atoms with Gasteiger partial charge in [-0.25, -0.2) is 13.2 Å². The largest absolute Gasteiger partial charge is 1.00 e. The molecule has 3 N–H and O–H groups in total. The predicted octanol–water partition coefficient (Wildman–Crippen LogP) is -2.41. The fourth-order valence-corrected chi connectivity index (χ4v) is 4.12. The molecule has 0 unspecified atom stereocenters. The number of amidine groups is 1. The number of aromatic hydroxyl groups is 1. The minimum absolute atomic E-state index is 0. The van der Waals surface area contributed by atoms with Crippen LogP contribution in [0.25, 0.3) is 5.43 Å². The summed E-state index contributed by atoms with van der Waals surface area (Å²) >= 11 is 0.461. The number of nitrogens with one attached hydrogen (secondary N) is 1. The number of anilines is 2. The van der Waals surface area contributed by atoms with Crippen molar-refractivity contribution in [2.45, 2.75) is 9.79 Å². The van der Waals surface area contributed by atoms with Crippen LogP contribution in [0.5, 0.6) is 5.75 Å². The third-order valence-electron chi connectivity index (χ3n) is 5.07. The summed E-state index contributed by atoms with van der Waals surface area (Å²) in [4.78, 5) is 20.0. The van der Waals surface area contributed by atoms with E-state index in [9.17, 15) is 42.0 Å². The first kappa shape index (κ1) is 42.4. The van der Waals surface area contributed by atoms with E-state index in [2.05, 4.69) is 50.4 Å². The summed E-state index contributed by atoms with van der Waals surface area (Å²) in [5.74, 6) is -3.33. The molecule has 0 saturated carbocycles. The molecule has 0 radical (unpaired) electrons. The third kappa shape index (κ3) is 12.1. The average molecular weight is 757 g/mol. The number of carbonyl (C=O) groups is 1. The van der Waals surface area contributed by atoms with Gasteiger partial charge in [-0.3, -0.25) is 5.04 Å². The van der Waals surface area contributed by atoms with Crippen LogP contribution in [0.3, 0.4) is 0 Å². The number of phenols is 1. The molecule has 0 amide bonds. The zero-order valence-electron chi connectivity index (χ0n) is 23.5. The van der Waals surface area contributed by atoms with Crippen molar-refractivity contribution in [3.8, 4) is 5.75 Å². The molecular formula is C23H13CuF2N8Na2O9S2. The Morgan fingerprint density at radius 3 is 2.28 bits per heavy atom. The molecule has 24 heteroatoms. The van der Waals surface area contributed by atoms with Gasteiger partial charge < -0.3 is 35.9 Å². The fourth-order valence-electron chi connectivity index (χ4n) is 3.22. The number of halogens is 2. The van der Waals surface area contributed by atoms with Crippen molar-refractivity contribution in [1.29, 1.82) is 0 Å². The molecule has 0 aliphatic heterocycles. The number of hydrogen-bond donors (Lipinski definition) is 3. The van der Waals surface area contributed by atoms with Crippen molar-refractivity contribution in [2.75, 3.05) is 5.32 Å². The van der Waals surface area contributed by atoms with Gasteiger partial charge in [0.25, 0.3) is 0 Å². The second-order valence-corrected chi connectivity index (χ2v) is 10.1. The maximum Gasteiger partial charge on any atom is 1.00 e. The van der Waals surface area contributed by atoms with Gasteiger partial charge in [-0.15, -0.1) is 15.9 Å². The van der Waals surface area contributed by atoms with Gasteiger partial charge in [0.05, 0.1) is 22.6 Å². The van der Waals surface area contributed by atoms with Gasteiger partial charge in [0, 0.05) is 16.0 Å². The summed E-state index contributed by atoms with van der Waals surface area (Å²) in [7, 11) is -5.18. The summed E-state index contributed by atoms with van der Waals surface area (Å²) in [6.45, 7) is 0. The maximum absolute atomic E-state index is 13.4. The Morgan fingerprint density at radius 1 is 1.02 bits per heavy atom. The number of hydrogen-bond acceptors (Lipinski definition) is 15. The molecule has 0 aliphatic rings. The smallest absolute Gasteiger partial charge is 0.744 e. The zero-order valence-corrected chi connectivity index (χ0v) is 30.1. The molecule has 0 bridgehead atoms. The van der Waals surface area contributed by atoms with Crippen LogP contribution in [0, 0.1) is 12.2 Å². The van der Waals surface area contributed by atoms with Gasteiger partial charge in [-0.05, 0) is 24.3 Å². The van der Waals surface area contributed by atoms with Crippen LogP contribution in [0.2, 0.25) is 0 Å². The second kappa shape index (κ2) is 19.4. The average Bonchev–Trinajstić information content (AvgIpc) is 2.97. The van der Waals surface area contributed by atoms with E-state index >= 15 is 0 Å². The Hall–Kier alpha value is -2.67. The van der Waals surface area contributed by atoms with Gasteiger partial charge in [-0.1, -0.05) is 36.4 Å². The first-order chi connectivity index (χ1) is 20.9. The topological polar surface area (TPSA) is 258 Å². The molecule has 1 heterocycles. The van der Waals surface area contributed by atoms with E-state index in [4.69, 9.17) is 0 Å². The minimum atomic E-state index is -5.18. The zero-order chi connectivity index (χ0) is 31.9. The Kier molecular flexibility index (Phi) is 17.4. The number of nitrogens with zero attached hydrogens (tertiary/aromatic N) is 7. The van der Waals surface area contributed by atoms with Gasteiger partial charge in [0.1, 0.15) is 15.8 Å². The van der Waals surface area contributed by atoms with Crippen LogP contribution in [-0.2, 0) is 36.6 Å². The van der Waals surface area contributed by atoms with Crippen molar-refractivity contribution in [2.24, 2.45) is 15.3 Å². The first-order valence-electron chi connectivity index (χ1n) is 11.4. The molecule has 4 rings (SSSR count). The molecule has 0 fully saturated rings. The van der Waals surface area contributed by atoms with Crippen LogP contribution in [0.15, 0.2) is 85.8 Å². The fraction of sp³-hybridized carbons (Fsp3) is 0. The number of rotatable bonds is 11. The van der Waals surface area contributed by atoms with Crippen molar-refractivity contribution in [3.63, 3.8) is 0 Å². The molecule has 4 aromatic rings. The standard InChI is InChI=1S/C23H16F2N8O9S2.Cu.2Na/c24-21-27-22(25)29-23(28-21)26-16-9-13(44(38,39)40)10-17(18(16)34)31-33-19(11-4-2-1-3-5-11)32-30-15-8-12(43-42-41-37)6-7-14(15)20(35)36;;;/h1-10H,(H6,26,27,28,29,30,31,32,33,34,35,36,37,38,39,40);;;/q;3*+1/p-3. The van der Waals surface area contributed by atoms with Crippen LogP contribution < -0.4 is 69.7 Å². The van der Waals surface area contributed by atoms with Crippen LogP contribution in [0.1, 0.15) is 15.9 Å². The number of azo groups is 1. The molecule has 17 nitrogen and oxygen atoms in total. The Labute approximate surface area is 322 Å². The van der Waals surface area contributed by atoms with E-state index in [1.165, 1.54) is 24.3 Å². The van der Waals surface area contributed by atoms with Crippen molar-refractivity contribution < 1.29 is 128 Å². The number of carboxylic acids is 1. The maximum atomic E-state index is 13.4. The summed E-state index contributed by atoms with van der Waals surface area (Å²) in [6.07, 6.45) is -3.08. The van der Waals surface area contributed by atoms with Gasteiger partial charge in [-0.2, -0.15) is 28.1 Å². The van der Waals surface area contributed by atoms with Gasteiger partial charge in [0.15, 0.2) is 11.6 Å². The summed E-state index contributed by atoms with van der Waals surface area (Å²) in [5.41, 5.74) is 2.40. The van der Waals surface area contributed by atoms with E-state index < -0.39 is 56.2 Å². The number of aromatic nitrogens is 3. The first-order valence-corrected chi connectivity index (χ1v) is 13.5. The Balaban J connectivity index is 0.00000368. The number of benzene rings is 3. The Morgan fingerprint density at radius 2 is 1.68 bits per heavy atom. The van der Waals surface area contributed by atoms with Gasteiger partial charge >= 0.3 is 94.3 Å². The molecule has 1 aromatic heterocycles. The quantitative estimate of drug-likeness (QED) is 0.0166. The number of phenolic OH excluding ortho intramolecular Hbond substituents is 1. The Bertz CT molecular complexity index is 1860. The van der Waals surface area contributed by atoms with Crippen molar-refractivity contribution in [1.82, 2.24) is 15.0 Å². The molecular weight excluding hydrogens is 744 g/mol. The van der Waals surface area contributed by atoms with Crippen LogP contribution in [-0.4, -0.2) is 49.9 Å². The molecule has 3 aromatic carbocycles. The summed E-state index contributed by atoms with van der Waals surface area (Å²) < 4.78 is 66.4. The minimum Gasteiger partial charge on any atom is -0.744 e. The summed E-state index contributed by atoms with van der Waals surface area (Å²) in [5, 5.41) is 47.4. The predicted molar refractivity (Wildman–Crippen MR) is 141 cm³/mol. The van der Waals surface area contributed by atoms with Crippen LogP contribution in [0.4, 0.5) is 31.8 Å². The van der Waals surface area contributed by atoms with E-state index in [0.717, 1.165) is 6.07 Å². The molecule has 0 saturated heterocycles.